The van der Waals surface area contributed by atoms with E-state index in [4.69, 9.17) is 0 Å². The van der Waals surface area contributed by atoms with Crippen LogP contribution in [0.25, 0.3) is 0 Å². The maximum Gasteiger partial charge on any atom is 0.218 e. The van der Waals surface area contributed by atoms with Crippen LogP contribution in [0.5, 0.6) is 0 Å². The molecule has 6 nitrogen and oxygen atoms in total. The van der Waals surface area contributed by atoms with Crippen molar-refractivity contribution in [2.75, 3.05) is 21.1 Å². The van der Waals surface area contributed by atoms with Gasteiger partial charge in [0.15, 0.2) is 0 Å². The second-order valence-corrected chi connectivity index (χ2v) is 5.11. The molecule has 0 saturated heterocycles. The molecule has 1 unspecified atom stereocenters. The molecule has 0 aromatic heterocycles. The summed E-state index contributed by atoms with van der Waals surface area (Å²) < 4.78 is 0. The van der Waals surface area contributed by atoms with E-state index in [1.54, 1.807) is 21.1 Å². The van der Waals surface area contributed by atoms with Gasteiger partial charge < -0.3 is 16.0 Å². The monoisotopic (exact) mass is 263 g/mol. The molecule has 0 spiro atoms. The number of rotatable bonds is 1. The summed E-state index contributed by atoms with van der Waals surface area (Å²) in [4.78, 5) is 29.8. The van der Waals surface area contributed by atoms with Gasteiger partial charge in [-0.15, -0.1) is 0 Å². The smallest absolute Gasteiger partial charge is 0.218 e. The van der Waals surface area contributed by atoms with Crippen molar-refractivity contribution in [3.63, 3.8) is 0 Å². The van der Waals surface area contributed by atoms with Crippen LogP contribution in [0.3, 0.4) is 0 Å². The highest BCUT2D eigenvalue weighted by molar-refractivity contribution is 6.23. The van der Waals surface area contributed by atoms with Crippen molar-refractivity contribution in [3.05, 3.63) is 0 Å². The van der Waals surface area contributed by atoms with Gasteiger partial charge >= 0.3 is 0 Å². The van der Waals surface area contributed by atoms with Crippen LogP contribution in [-0.2, 0) is 14.4 Å². The van der Waals surface area contributed by atoms with E-state index in [1.165, 1.54) is 13.8 Å². The second-order valence-electron chi connectivity index (χ2n) is 3.38. The molecular formula is C10H25N3O3Si. The van der Waals surface area contributed by atoms with Gasteiger partial charge in [0.25, 0.3) is 0 Å². The van der Waals surface area contributed by atoms with Gasteiger partial charge in [0, 0.05) is 50.8 Å². The van der Waals surface area contributed by atoms with Gasteiger partial charge in [-0.05, 0) is 0 Å². The Labute approximate surface area is 106 Å². The Hall–Kier alpha value is -1.37. The average Bonchev–Trinajstić information content (AvgIpc) is 2.29. The topological polar surface area (TPSA) is 87.3 Å². The maximum absolute atomic E-state index is 10.4. The fourth-order valence-corrected chi connectivity index (χ4v) is 0.577. The first-order valence-electron chi connectivity index (χ1n) is 5.31. The lowest BCUT2D eigenvalue weighted by molar-refractivity contribution is -0.120. The molecular weight excluding hydrogens is 238 g/mol. The van der Waals surface area contributed by atoms with Crippen molar-refractivity contribution in [2.24, 2.45) is 0 Å². The van der Waals surface area contributed by atoms with Crippen LogP contribution in [0, 0.1) is 0 Å². The van der Waals surface area contributed by atoms with Gasteiger partial charge in [-0.25, -0.2) is 0 Å². The van der Waals surface area contributed by atoms with E-state index in [2.05, 4.69) is 16.0 Å². The molecule has 0 aliphatic carbocycles. The lowest BCUT2D eigenvalue weighted by atomic mass is 10.4. The largest absolute Gasteiger partial charge is 0.359 e. The summed E-state index contributed by atoms with van der Waals surface area (Å²) in [6, 6.07) is 0. The van der Waals surface area contributed by atoms with Crippen LogP contribution in [0.1, 0.15) is 20.8 Å². The minimum Gasteiger partial charge on any atom is -0.359 e. The zero-order valence-electron chi connectivity index (χ0n) is 11.8. The molecule has 0 bridgehead atoms. The predicted molar refractivity (Wildman–Crippen MR) is 72.9 cm³/mol. The van der Waals surface area contributed by atoms with Crippen LogP contribution >= 0.6 is 0 Å². The molecule has 0 fully saturated rings. The van der Waals surface area contributed by atoms with Gasteiger partial charge in [0.05, 0.1) is 0 Å². The van der Waals surface area contributed by atoms with E-state index < -0.39 is 0 Å². The zero-order valence-corrected chi connectivity index (χ0v) is 13.8. The molecule has 0 aliphatic rings. The molecule has 0 aromatic carbocycles. The minimum absolute atomic E-state index is 0.00463. The Kier molecular flexibility index (Phi) is 18.0. The third-order valence-corrected chi connectivity index (χ3v) is 2.00. The molecule has 0 aliphatic heterocycles. The first-order valence-corrected chi connectivity index (χ1v) is 6.46. The zero-order chi connectivity index (χ0) is 14.4. The van der Waals surface area contributed by atoms with E-state index in [0.717, 1.165) is 10.2 Å². The van der Waals surface area contributed by atoms with Crippen LogP contribution in [0.15, 0.2) is 0 Å². The van der Waals surface area contributed by atoms with Gasteiger partial charge in [-0.2, -0.15) is 0 Å². The SMILES string of the molecule is CNC(=O)C(C)[SiH3].CNC(C)=O.CNC(C)=O. The van der Waals surface area contributed by atoms with Gasteiger partial charge in [-0.1, -0.05) is 6.92 Å². The molecule has 7 heteroatoms. The number of carbonyl (C=O) groups is 3. The van der Waals surface area contributed by atoms with Crippen LogP contribution in [0.2, 0.25) is 5.54 Å². The summed E-state index contributed by atoms with van der Waals surface area (Å²) in [6.45, 7) is 4.87. The van der Waals surface area contributed by atoms with Gasteiger partial charge in [-0.3, -0.25) is 14.4 Å². The van der Waals surface area contributed by atoms with Crippen LogP contribution in [0.4, 0.5) is 0 Å². The number of carbonyl (C=O) groups excluding carboxylic acids is 3. The molecule has 3 amide bonds. The minimum atomic E-state index is 0.00463. The van der Waals surface area contributed by atoms with Crippen LogP contribution in [-0.4, -0.2) is 49.1 Å². The fraction of sp³-hybridized carbons (Fsp3) is 0.700. The standard InChI is InChI=1S/C4H11NOSi.2C3H7NO/c1-3(7)4(6)5-2;2*1-3(5)4-2/h3H,1-2,7H3,(H,5,6);2*1-2H3,(H,4,5). The Morgan fingerprint density at radius 3 is 1.12 bits per heavy atom. The number of hydrogen-bond acceptors (Lipinski definition) is 3. The quantitative estimate of drug-likeness (QED) is 0.499. The van der Waals surface area contributed by atoms with E-state index in [-0.39, 0.29) is 23.3 Å². The molecule has 102 valence electrons. The Balaban J connectivity index is -0.000000177. The summed E-state index contributed by atoms with van der Waals surface area (Å²) in [7, 11) is 5.81. The second kappa shape index (κ2) is 14.6. The van der Waals surface area contributed by atoms with Crippen molar-refractivity contribution < 1.29 is 14.4 Å². The molecule has 0 rings (SSSR count). The Bertz CT molecular complexity index is 219. The molecule has 0 saturated carbocycles. The third-order valence-electron chi connectivity index (χ3n) is 1.47. The highest BCUT2D eigenvalue weighted by Gasteiger charge is 2.00. The van der Waals surface area contributed by atoms with E-state index >= 15 is 0 Å². The summed E-state index contributed by atoms with van der Waals surface area (Å²) in [5.41, 5.74) is 0.255. The van der Waals surface area contributed by atoms with Crippen molar-refractivity contribution in [2.45, 2.75) is 26.3 Å². The molecule has 0 radical (unpaired) electrons. The van der Waals surface area contributed by atoms with E-state index in [1.807, 2.05) is 6.92 Å². The number of nitrogens with one attached hydrogen (secondary N) is 3. The van der Waals surface area contributed by atoms with Gasteiger partial charge in [0.2, 0.25) is 17.7 Å². The van der Waals surface area contributed by atoms with Gasteiger partial charge in [0.1, 0.15) is 0 Å². The highest BCUT2D eigenvalue weighted by Crippen LogP contribution is 1.90. The van der Waals surface area contributed by atoms with E-state index in [0.29, 0.717) is 0 Å². The predicted octanol–water partition coefficient (Wildman–Crippen LogP) is -1.59. The molecule has 17 heavy (non-hydrogen) atoms. The molecule has 1 atom stereocenters. The first-order chi connectivity index (χ1) is 7.72. The first kappa shape index (κ1) is 21.0. The Morgan fingerprint density at radius 2 is 1.12 bits per heavy atom. The third kappa shape index (κ3) is 31.3. The maximum atomic E-state index is 10.4. The Morgan fingerprint density at radius 1 is 0.882 bits per heavy atom. The van der Waals surface area contributed by atoms with Crippen molar-refractivity contribution >= 4 is 28.0 Å². The highest BCUT2D eigenvalue weighted by atomic mass is 28.1. The molecule has 3 N–H and O–H groups in total. The molecule has 0 heterocycles. The average molecular weight is 263 g/mol. The summed E-state index contributed by atoms with van der Waals surface area (Å²) in [5.74, 6) is 0.168. The summed E-state index contributed by atoms with van der Waals surface area (Å²) >= 11 is 0. The number of amides is 3. The lowest BCUT2D eigenvalue weighted by Crippen LogP contribution is -2.21. The normalized spacial score (nSPS) is 9.53. The van der Waals surface area contributed by atoms with Crippen molar-refractivity contribution in [1.82, 2.24) is 16.0 Å². The van der Waals surface area contributed by atoms with Crippen molar-refractivity contribution in [3.8, 4) is 0 Å². The number of hydrogen-bond donors (Lipinski definition) is 3. The molecule has 0 aromatic rings. The van der Waals surface area contributed by atoms with Crippen molar-refractivity contribution in [1.29, 1.82) is 0 Å². The fourth-order valence-electron chi connectivity index (χ4n) is 0.289. The van der Waals surface area contributed by atoms with Crippen LogP contribution < -0.4 is 16.0 Å². The lowest BCUT2D eigenvalue weighted by Gasteiger charge is -1.98. The van der Waals surface area contributed by atoms with E-state index in [9.17, 15) is 14.4 Å². The summed E-state index contributed by atoms with van der Waals surface area (Å²) in [5, 5.41) is 7.34. The summed E-state index contributed by atoms with van der Waals surface area (Å²) in [6.07, 6.45) is 0.